The third kappa shape index (κ3) is 49.4. The van der Waals surface area contributed by atoms with Gasteiger partial charge in [0.25, 0.3) is 7.82 Å². The molecule has 376 valence electrons. The van der Waals surface area contributed by atoms with Crippen LogP contribution in [0.5, 0.6) is 0 Å². The molecule has 0 fully saturated rings. The van der Waals surface area contributed by atoms with E-state index in [9.17, 15) is 19.4 Å². The van der Waals surface area contributed by atoms with Crippen molar-refractivity contribution in [3.8, 4) is 0 Å². The average molecular weight is 929 g/mol. The van der Waals surface area contributed by atoms with Gasteiger partial charge < -0.3 is 28.8 Å². The minimum absolute atomic E-state index is 0.00710. The lowest BCUT2D eigenvalue weighted by atomic mass is 10.0. The number of nitrogens with zero attached hydrogens (tertiary/aromatic N) is 1. The minimum atomic E-state index is -4.57. The van der Waals surface area contributed by atoms with Gasteiger partial charge in [0.2, 0.25) is 5.91 Å². The van der Waals surface area contributed by atoms with E-state index >= 15 is 0 Å². The number of phosphoric acid groups is 1. The van der Waals surface area contributed by atoms with Crippen molar-refractivity contribution in [3.05, 3.63) is 85.1 Å². The molecule has 3 atom stereocenters. The van der Waals surface area contributed by atoms with Crippen molar-refractivity contribution < 1.29 is 32.9 Å². The number of carbonyl (C=O) groups is 1. The van der Waals surface area contributed by atoms with E-state index in [-0.39, 0.29) is 19.1 Å². The molecule has 3 unspecified atom stereocenters. The molecule has 0 heterocycles. The topological polar surface area (TPSA) is 108 Å². The Morgan fingerprint density at radius 1 is 0.554 bits per heavy atom. The van der Waals surface area contributed by atoms with Gasteiger partial charge in [-0.15, -0.1) is 0 Å². The first-order chi connectivity index (χ1) is 31.5. The van der Waals surface area contributed by atoms with E-state index in [2.05, 4.69) is 104 Å². The lowest BCUT2D eigenvalue weighted by Gasteiger charge is -2.30. The normalized spacial score (nSPS) is 14.8. The summed E-state index contributed by atoms with van der Waals surface area (Å²) in [4.78, 5) is 25.4. The van der Waals surface area contributed by atoms with Crippen LogP contribution in [0.15, 0.2) is 85.1 Å². The van der Waals surface area contributed by atoms with Gasteiger partial charge >= 0.3 is 0 Å². The number of hydrogen-bond acceptors (Lipinski definition) is 6. The summed E-state index contributed by atoms with van der Waals surface area (Å²) in [5.41, 5.74) is 0. The number of likely N-dealkylation sites (N-methyl/N-ethyl adjacent to an activating group) is 1. The number of allylic oxidation sites excluding steroid dienone is 14. The summed E-state index contributed by atoms with van der Waals surface area (Å²) >= 11 is 0. The number of aliphatic hydroxyl groups is 1. The summed E-state index contributed by atoms with van der Waals surface area (Å²) in [6.45, 7) is 4.58. The average Bonchev–Trinajstić information content (AvgIpc) is 3.26. The number of amides is 1. The molecule has 1 amide bonds. The molecule has 0 radical (unpaired) electrons. The van der Waals surface area contributed by atoms with E-state index in [1.54, 1.807) is 0 Å². The first-order valence-corrected chi connectivity index (χ1v) is 27.9. The first kappa shape index (κ1) is 62.7. The molecule has 0 spiro atoms. The van der Waals surface area contributed by atoms with Crippen molar-refractivity contribution >= 4 is 13.7 Å². The molecule has 0 bridgehead atoms. The number of quaternary nitrogens is 1. The molecule has 0 saturated heterocycles. The number of carbonyl (C=O) groups excluding carboxylic acids is 1. The summed E-state index contributed by atoms with van der Waals surface area (Å²) in [7, 11) is 1.29. The summed E-state index contributed by atoms with van der Waals surface area (Å²) in [6, 6.07) is -0.808. The van der Waals surface area contributed by atoms with Crippen LogP contribution in [0.25, 0.3) is 0 Å². The molecule has 0 aliphatic carbocycles. The number of nitrogens with one attached hydrogen (secondary N) is 1. The number of unbranched alkanes of at least 4 members (excludes halogenated alkanes) is 20. The van der Waals surface area contributed by atoms with Crippen LogP contribution < -0.4 is 10.2 Å². The Morgan fingerprint density at radius 3 is 1.37 bits per heavy atom. The largest absolute Gasteiger partial charge is 0.756 e. The van der Waals surface area contributed by atoms with E-state index < -0.39 is 20.0 Å². The van der Waals surface area contributed by atoms with Gasteiger partial charge in [0.15, 0.2) is 0 Å². The second-order valence-electron chi connectivity index (χ2n) is 18.9. The second-order valence-corrected chi connectivity index (χ2v) is 20.3. The van der Waals surface area contributed by atoms with Gasteiger partial charge in [-0.1, -0.05) is 221 Å². The molecule has 2 N–H and O–H groups in total. The molecule has 0 aromatic rings. The number of phosphoric ester groups is 1. The van der Waals surface area contributed by atoms with Crippen molar-refractivity contribution in [1.29, 1.82) is 0 Å². The number of rotatable bonds is 47. The lowest BCUT2D eigenvalue weighted by Crippen LogP contribution is -2.46. The zero-order valence-electron chi connectivity index (χ0n) is 42.7. The highest BCUT2D eigenvalue weighted by molar-refractivity contribution is 7.45. The Hall–Kier alpha value is -2.32. The van der Waals surface area contributed by atoms with E-state index in [1.165, 1.54) is 96.3 Å². The van der Waals surface area contributed by atoms with Gasteiger partial charge in [-0.2, -0.15) is 0 Å². The Balaban J connectivity index is 4.16. The molecule has 0 aliphatic heterocycles. The van der Waals surface area contributed by atoms with Crippen LogP contribution in [-0.4, -0.2) is 68.5 Å². The highest BCUT2D eigenvalue weighted by atomic mass is 31.2. The molecule has 0 saturated carbocycles. The zero-order valence-corrected chi connectivity index (χ0v) is 43.6. The molecule has 0 aromatic carbocycles. The van der Waals surface area contributed by atoms with Gasteiger partial charge in [-0.05, 0) is 70.6 Å². The highest BCUT2D eigenvalue weighted by Crippen LogP contribution is 2.38. The van der Waals surface area contributed by atoms with Crippen LogP contribution in [0.4, 0.5) is 0 Å². The zero-order chi connectivity index (χ0) is 47.8. The van der Waals surface area contributed by atoms with E-state index in [0.29, 0.717) is 23.9 Å². The van der Waals surface area contributed by atoms with Crippen LogP contribution >= 0.6 is 7.82 Å². The molecule has 0 aromatic heterocycles. The Labute approximate surface area is 401 Å². The van der Waals surface area contributed by atoms with E-state index in [4.69, 9.17) is 9.05 Å². The van der Waals surface area contributed by atoms with Gasteiger partial charge in [0.1, 0.15) is 13.2 Å². The molecular weight excluding hydrogens is 828 g/mol. The summed E-state index contributed by atoms with van der Waals surface area (Å²) in [5, 5.41) is 13.9. The fraction of sp³-hybridized carbons (Fsp3) is 0.732. The van der Waals surface area contributed by atoms with Crippen molar-refractivity contribution in [2.45, 2.75) is 225 Å². The lowest BCUT2D eigenvalue weighted by molar-refractivity contribution is -0.870. The Morgan fingerprint density at radius 2 is 0.938 bits per heavy atom. The van der Waals surface area contributed by atoms with E-state index in [1.807, 2.05) is 21.1 Å². The monoisotopic (exact) mass is 929 g/mol. The van der Waals surface area contributed by atoms with Crippen molar-refractivity contribution in [2.24, 2.45) is 0 Å². The van der Waals surface area contributed by atoms with E-state index in [0.717, 1.165) is 89.9 Å². The summed E-state index contributed by atoms with van der Waals surface area (Å²) in [6.07, 6.45) is 64.6. The Bertz CT molecular complexity index is 1330. The van der Waals surface area contributed by atoms with Gasteiger partial charge in [-0.3, -0.25) is 9.36 Å². The third-order valence-corrected chi connectivity index (χ3v) is 12.4. The maximum absolute atomic E-state index is 12.9. The van der Waals surface area contributed by atoms with Crippen LogP contribution in [0.2, 0.25) is 0 Å². The van der Waals surface area contributed by atoms with Crippen LogP contribution in [0, 0.1) is 0 Å². The first-order valence-electron chi connectivity index (χ1n) is 26.4. The molecule has 0 aliphatic rings. The standard InChI is InChI=1S/C56H101N2O6P/c1-6-8-10-12-14-16-18-20-21-22-23-24-25-26-27-28-29-30-31-32-33-34-35-36-37-38-40-42-44-46-48-50-56(60)57-54(53-64-65(61,62)63-52-51-58(3,4)5)55(59)49-47-45-43-41-39-19-17-15-13-11-9-7-2/h8,10,14,16,20-21,23-24,26-27,29-30,32-33,54-55,59H,6-7,9,11-13,15,17-19,22,25,28,31,34-53H2,1-5H3,(H-,57,60,61,62)/b10-8-,16-14-,21-20-,24-23-,27-26-,30-29-,33-32-. The minimum Gasteiger partial charge on any atom is -0.756 e. The summed E-state index contributed by atoms with van der Waals surface area (Å²) < 4.78 is 23.3. The van der Waals surface area contributed by atoms with Gasteiger partial charge in [-0.25, -0.2) is 0 Å². The second kappa shape index (κ2) is 46.8. The van der Waals surface area contributed by atoms with Crippen molar-refractivity contribution in [2.75, 3.05) is 40.9 Å². The van der Waals surface area contributed by atoms with Crippen LogP contribution in [0.1, 0.15) is 213 Å². The fourth-order valence-electron chi connectivity index (χ4n) is 7.25. The predicted molar refractivity (Wildman–Crippen MR) is 279 cm³/mol. The maximum atomic E-state index is 12.9. The quantitative estimate of drug-likeness (QED) is 0.0272. The van der Waals surface area contributed by atoms with Gasteiger partial charge in [0, 0.05) is 6.42 Å². The SMILES string of the molecule is CC/C=C\C/C=C\C/C=C\C/C=C\C/C=C\C/C=C\C/C=C\CCCCCCCCCCCC(=O)NC(COP(=O)([O-])OCC[N+](C)(C)C)C(O)CCCCCCCCCCCCCC. The van der Waals surface area contributed by atoms with Gasteiger partial charge in [0.05, 0.1) is 39.9 Å². The summed E-state index contributed by atoms with van der Waals surface area (Å²) in [5.74, 6) is -0.176. The highest BCUT2D eigenvalue weighted by Gasteiger charge is 2.24. The van der Waals surface area contributed by atoms with Crippen molar-refractivity contribution in [3.63, 3.8) is 0 Å². The fourth-order valence-corrected chi connectivity index (χ4v) is 7.98. The third-order valence-electron chi connectivity index (χ3n) is 11.4. The maximum Gasteiger partial charge on any atom is 0.268 e. The van der Waals surface area contributed by atoms with Crippen LogP contribution in [-0.2, 0) is 18.4 Å². The predicted octanol–water partition coefficient (Wildman–Crippen LogP) is 15.1. The Kier molecular flexibility index (Phi) is 45.1. The number of aliphatic hydroxyl groups excluding tert-OH is 1. The molecular formula is C56H101N2O6P. The molecule has 65 heavy (non-hydrogen) atoms. The smallest absolute Gasteiger partial charge is 0.268 e. The molecule has 9 heteroatoms. The van der Waals surface area contributed by atoms with Crippen molar-refractivity contribution in [1.82, 2.24) is 5.32 Å². The molecule has 0 rings (SSSR count). The van der Waals surface area contributed by atoms with Crippen LogP contribution in [0.3, 0.4) is 0 Å². The number of hydrogen-bond donors (Lipinski definition) is 2. The molecule has 8 nitrogen and oxygen atoms in total.